The second-order valence-corrected chi connectivity index (χ2v) is 6.49. The summed E-state index contributed by atoms with van der Waals surface area (Å²) in [5.41, 5.74) is 0.902. The van der Waals surface area contributed by atoms with Crippen molar-refractivity contribution < 1.29 is 27.5 Å². The molecule has 1 unspecified atom stereocenters. The van der Waals surface area contributed by atoms with Gasteiger partial charge in [0.25, 0.3) is 0 Å². The molecule has 0 saturated carbocycles. The Kier molecular flexibility index (Phi) is 3.47. The van der Waals surface area contributed by atoms with Gasteiger partial charge in [0.2, 0.25) is 0 Å². The van der Waals surface area contributed by atoms with Gasteiger partial charge in [0.1, 0.15) is 6.61 Å². The lowest BCUT2D eigenvalue weighted by Gasteiger charge is -2.26. The van der Waals surface area contributed by atoms with Crippen molar-refractivity contribution in [2.45, 2.75) is 24.9 Å². The Morgan fingerprint density at radius 1 is 1.12 bits per heavy atom. The Hall–Kier alpha value is -2.28. The van der Waals surface area contributed by atoms with Crippen molar-refractivity contribution in [1.29, 1.82) is 0 Å². The number of benzene rings is 1. The molecule has 8 heteroatoms. The summed E-state index contributed by atoms with van der Waals surface area (Å²) < 4.78 is 44.6. The van der Waals surface area contributed by atoms with Crippen molar-refractivity contribution in [1.82, 2.24) is 5.32 Å². The van der Waals surface area contributed by atoms with Crippen molar-refractivity contribution in [2.24, 2.45) is 0 Å². The Labute approximate surface area is 145 Å². The number of carbonyl (C=O) groups excluding carboxylic acids is 2. The lowest BCUT2D eigenvalue weighted by molar-refractivity contribution is -0.137. The van der Waals surface area contributed by atoms with Crippen LogP contribution in [0.4, 0.5) is 13.2 Å². The molecule has 1 aromatic rings. The van der Waals surface area contributed by atoms with Crippen LogP contribution in [-0.4, -0.2) is 18.4 Å². The fourth-order valence-corrected chi connectivity index (χ4v) is 3.78. The largest absolute Gasteiger partial charge is 0.456 e. The molecule has 2 aliphatic heterocycles. The first-order chi connectivity index (χ1) is 11.8. The van der Waals surface area contributed by atoms with Crippen LogP contribution in [0.2, 0.25) is 5.02 Å². The van der Waals surface area contributed by atoms with Gasteiger partial charge in [0.15, 0.2) is 5.78 Å². The fourth-order valence-electron chi connectivity index (χ4n) is 3.55. The van der Waals surface area contributed by atoms with Crippen LogP contribution in [0.5, 0.6) is 0 Å². The van der Waals surface area contributed by atoms with Crippen LogP contribution in [0.1, 0.15) is 29.9 Å². The minimum absolute atomic E-state index is 0.0232. The van der Waals surface area contributed by atoms with Gasteiger partial charge in [-0.2, -0.15) is 13.2 Å². The summed E-state index contributed by atoms with van der Waals surface area (Å²) >= 11 is 5.68. The van der Waals surface area contributed by atoms with Gasteiger partial charge < -0.3 is 10.1 Å². The van der Waals surface area contributed by atoms with E-state index in [4.69, 9.17) is 16.3 Å². The number of rotatable bonds is 1. The van der Waals surface area contributed by atoms with E-state index in [1.807, 2.05) is 0 Å². The molecule has 2 heterocycles. The standard InChI is InChI=1S/C17H11ClF3NO3/c18-9-2-1-7(5-8(9)17(19,20)21)13-14-10(3-4-12(14)23)22-11-6-25-16(24)15(11)13/h1-2,5,13,22H,3-4,6H2. The average molecular weight is 370 g/mol. The number of cyclic esters (lactones) is 1. The number of ketones is 1. The van der Waals surface area contributed by atoms with Crippen molar-refractivity contribution in [3.63, 3.8) is 0 Å². The zero-order chi connectivity index (χ0) is 17.9. The summed E-state index contributed by atoms with van der Waals surface area (Å²) in [6.45, 7) is 0.0232. The van der Waals surface area contributed by atoms with Crippen LogP contribution in [0.25, 0.3) is 0 Å². The quantitative estimate of drug-likeness (QED) is 0.770. The number of Topliss-reactive ketones (excluding diaryl/α,β-unsaturated/α-hetero) is 1. The molecule has 1 aromatic carbocycles. The Balaban J connectivity index is 1.90. The number of allylic oxidation sites excluding steroid dienone is 2. The van der Waals surface area contributed by atoms with E-state index in [1.54, 1.807) is 0 Å². The van der Waals surface area contributed by atoms with E-state index in [9.17, 15) is 22.8 Å². The maximum Gasteiger partial charge on any atom is 0.417 e. The molecule has 4 rings (SSSR count). The number of dihydropyridines is 1. The van der Waals surface area contributed by atoms with E-state index >= 15 is 0 Å². The Morgan fingerprint density at radius 3 is 2.60 bits per heavy atom. The number of esters is 1. The molecule has 1 N–H and O–H groups in total. The highest BCUT2D eigenvalue weighted by Gasteiger charge is 2.44. The minimum Gasteiger partial charge on any atom is -0.456 e. The Bertz CT molecular complexity index is 846. The molecule has 0 radical (unpaired) electrons. The van der Waals surface area contributed by atoms with Gasteiger partial charge in [-0.05, 0) is 24.1 Å². The normalized spacial score (nSPS) is 22.8. The Morgan fingerprint density at radius 2 is 1.88 bits per heavy atom. The third-order valence-corrected chi connectivity index (χ3v) is 4.96. The molecule has 0 amide bonds. The third kappa shape index (κ3) is 2.45. The van der Waals surface area contributed by atoms with E-state index in [2.05, 4.69) is 5.32 Å². The molecule has 3 aliphatic rings. The second kappa shape index (κ2) is 5.36. The molecule has 0 saturated heterocycles. The first-order valence-electron chi connectivity index (χ1n) is 7.57. The van der Waals surface area contributed by atoms with E-state index < -0.39 is 28.6 Å². The molecule has 4 nitrogen and oxygen atoms in total. The molecule has 1 atom stereocenters. The van der Waals surface area contributed by atoms with E-state index in [1.165, 1.54) is 6.07 Å². The first kappa shape index (κ1) is 16.2. The average Bonchev–Trinajstić information content (AvgIpc) is 3.09. The smallest absolute Gasteiger partial charge is 0.417 e. The monoisotopic (exact) mass is 369 g/mol. The van der Waals surface area contributed by atoms with Crippen LogP contribution >= 0.6 is 11.6 Å². The van der Waals surface area contributed by atoms with Crippen molar-refractivity contribution in [3.05, 3.63) is 56.9 Å². The number of halogens is 4. The van der Waals surface area contributed by atoms with E-state index in [0.29, 0.717) is 23.4 Å². The number of ether oxygens (including phenoxy) is 1. The molecule has 0 bridgehead atoms. The van der Waals surface area contributed by atoms with Gasteiger partial charge >= 0.3 is 12.1 Å². The third-order valence-electron chi connectivity index (χ3n) is 4.63. The molecule has 25 heavy (non-hydrogen) atoms. The van der Waals surface area contributed by atoms with Crippen LogP contribution < -0.4 is 5.32 Å². The van der Waals surface area contributed by atoms with Gasteiger partial charge in [0.05, 0.1) is 21.9 Å². The van der Waals surface area contributed by atoms with Crippen LogP contribution in [-0.2, 0) is 20.5 Å². The SMILES string of the molecule is O=C1CCC2=C1C(c1ccc(Cl)c(C(F)(F)F)c1)C1=C(COC1=O)N2. The molecule has 0 fully saturated rings. The zero-order valence-corrected chi connectivity index (χ0v) is 13.4. The number of carbonyl (C=O) groups is 2. The number of hydrogen-bond donors (Lipinski definition) is 1. The van der Waals surface area contributed by atoms with Crippen molar-refractivity contribution in [2.75, 3.05) is 6.61 Å². The predicted molar refractivity (Wildman–Crippen MR) is 81.6 cm³/mol. The van der Waals surface area contributed by atoms with Crippen molar-refractivity contribution in [3.8, 4) is 0 Å². The molecule has 0 aromatic heterocycles. The maximum absolute atomic E-state index is 13.2. The fraction of sp³-hybridized carbons (Fsp3) is 0.294. The van der Waals surface area contributed by atoms with Gasteiger partial charge in [-0.3, -0.25) is 4.79 Å². The van der Waals surface area contributed by atoms with Crippen LogP contribution in [0, 0.1) is 0 Å². The van der Waals surface area contributed by atoms with Crippen LogP contribution in [0.3, 0.4) is 0 Å². The summed E-state index contributed by atoms with van der Waals surface area (Å²) in [4.78, 5) is 24.4. The van der Waals surface area contributed by atoms with Gasteiger partial charge in [-0.25, -0.2) is 4.79 Å². The zero-order valence-electron chi connectivity index (χ0n) is 12.7. The van der Waals surface area contributed by atoms with Gasteiger partial charge in [-0.15, -0.1) is 0 Å². The molecule has 0 spiro atoms. The van der Waals surface area contributed by atoms with Crippen molar-refractivity contribution >= 4 is 23.4 Å². The van der Waals surface area contributed by atoms with E-state index in [0.717, 1.165) is 12.1 Å². The lowest BCUT2D eigenvalue weighted by Crippen LogP contribution is -2.27. The molecular weight excluding hydrogens is 359 g/mol. The summed E-state index contributed by atoms with van der Waals surface area (Å²) in [5.74, 6) is -1.67. The lowest BCUT2D eigenvalue weighted by atomic mass is 9.80. The number of alkyl halides is 3. The summed E-state index contributed by atoms with van der Waals surface area (Å²) in [6.07, 6.45) is -3.90. The maximum atomic E-state index is 13.2. The summed E-state index contributed by atoms with van der Waals surface area (Å²) in [7, 11) is 0. The summed E-state index contributed by atoms with van der Waals surface area (Å²) in [5, 5.41) is 2.61. The predicted octanol–water partition coefficient (Wildman–Crippen LogP) is 3.47. The first-order valence-corrected chi connectivity index (χ1v) is 7.95. The van der Waals surface area contributed by atoms with E-state index in [-0.39, 0.29) is 29.9 Å². The number of hydrogen-bond acceptors (Lipinski definition) is 4. The van der Waals surface area contributed by atoms with Crippen LogP contribution in [0.15, 0.2) is 40.7 Å². The second-order valence-electron chi connectivity index (χ2n) is 6.08. The molecule has 130 valence electrons. The topological polar surface area (TPSA) is 55.4 Å². The highest BCUT2D eigenvalue weighted by Crippen LogP contribution is 2.46. The summed E-state index contributed by atoms with van der Waals surface area (Å²) in [6, 6.07) is 3.46. The minimum atomic E-state index is -4.63. The van der Waals surface area contributed by atoms with Gasteiger partial charge in [-0.1, -0.05) is 17.7 Å². The molecule has 1 aliphatic carbocycles. The molecular formula is C17H11ClF3NO3. The van der Waals surface area contributed by atoms with Gasteiger partial charge in [0, 0.05) is 23.6 Å². The highest BCUT2D eigenvalue weighted by molar-refractivity contribution is 6.31. The number of nitrogens with one attached hydrogen (secondary N) is 1. The highest BCUT2D eigenvalue weighted by atomic mass is 35.5.